The predicted molar refractivity (Wildman–Crippen MR) is 124 cm³/mol. The van der Waals surface area contributed by atoms with Gasteiger partial charge in [-0.2, -0.15) is 0 Å². The highest BCUT2D eigenvalue weighted by atomic mass is 15.2. The van der Waals surface area contributed by atoms with Gasteiger partial charge in [0.2, 0.25) is 0 Å². The second kappa shape index (κ2) is 7.06. The van der Waals surface area contributed by atoms with Gasteiger partial charge in [0.1, 0.15) is 0 Å². The number of aryl methyl sites for hydroxylation is 1. The van der Waals surface area contributed by atoms with Crippen LogP contribution in [0.5, 0.6) is 0 Å². The molecule has 1 heteroatoms. The zero-order valence-electron chi connectivity index (χ0n) is 17.9. The molecule has 29 heavy (non-hydrogen) atoms. The van der Waals surface area contributed by atoms with E-state index in [4.69, 9.17) is 0 Å². The van der Waals surface area contributed by atoms with Crippen molar-refractivity contribution in [3.63, 3.8) is 0 Å². The zero-order valence-corrected chi connectivity index (χ0v) is 17.9. The lowest BCUT2D eigenvalue weighted by atomic mass is 9.68. The lowest BCUT2D eigenvalue weighted by molar-refractivity contribution is 0.353. The number of nitrogens with zero attached hydrogens (tertiary/aromatic N) is 1. The summed E-state index contributed by atoms with van der Waals surface area (Å²) in [5, 5.41) is 0. The van der Waals surface area contributed by atoms with Gasteiger partial charge in [0.25, 0.3) is 0 Å². The van der Waals surface area contributed by atoms with Gasteiger partial charge in [-0.3, -0.25) is 0 Å². The fraction of sp³-hybridized carbons (Fsp3) is 0.357. The van der Waals surface area contributed by atoms with E-state index in [-0.39, 0.29) is 5.41 Å². The molecule has 0 bridgehead atoms. The Morgan fingerprint density at radius 2 is 1.45 bits per heavy atom. The summed E-state index contributed by atoms with van der Waals surface area (Å²) >= 11 is 0. The molecule has 0 N–H and O–H groups in total. The first-order valence-electron chi connectivity index (χ1n) is 11.2. The zero-order chi connectivity index (χ0) is 20.0. The maximum Gasteiger partial charge on any atom is 0.0416 e. The van der Waals surface area contributed by atoms with Gasteiger partial charge in [0, 0.05) is 22.8 Å². The predicted octanol–water partition coefficient (Wildman–Crippen LogP) is 7.77. The molecule has 0 amide bonds. The fourth-order valence-corrected chi connectivity index (χ4v) is 5.81. The maximum atomic E-state index is 2.52. The molecular formula is C28H31N. The molecule has 2 aliphatic rings. The van der Waals surface area contributed by atoms with Gasteiger partial charge in [0.05, 0.1) is 0 Å². The van der Waals surface area contributed by atoms with Crippen LogP contribution in [0.25, 0.3) is 11.1 Å². The summed E-state index contributed by atoms with van der Waals surface area (Å²) in [6.45, 7) is 6.76. The highest BCUT2D eigenvalue weighted by molar-refractivity contribution is 5.83. The monoisotopic (exact) mass is 381 g/mol. The van der Waals surface area contributed by atoms with E-state index in [2.05, 4.69) is 92.4 Å². The van der Waals surface area contributed by atoms with Crippen molar-refractivity contribution in [1.29, 1.82) is 0 Å². The molecule has 0 aliphatic heterocycles. The molecule has 0 saturated heterocycles. The summed E-state index contributed by atoms with van der Waals surface area (Å²) < 4.78 is 0. The summed E-state index contributed by atoms with van der Waals surface area (Å²) in [5.74, 6) is 0. The van der Waals surface area contributed by atoms with Crippen LogP contribution in [0.4, 0.5) is 11.4 Å². The summed E-state index contributed by atoms with van der Waals surface area (Å²) in [5.41, 5.74) is 10.2. The van der Waals surface area contributed by atoms with Gasteiger partial charge in [-0.25, -0.2) is 0 Å². The molecule has 148 valence electrons. The average Bonchev–Trinajstić information content (AvgIpc) is 2.98. The van der Waals surface area contributed by atoms with Crippen LogP contribution < -0.4 is 4.90 Å². The van der Waals surface area contributed by atoms with Crippen molar-refractivity contribution < 1.29 is 0 Å². The Kier molecular flexibility index (Phi) is 4.50. The van der Waals surface area contributed by atoms with E-state index in [1.165, 1.54) is 60.2 Å². The van der Waals surface area contributed by atoms with Crippen LogP contribution in [0.1, 0.15) is 62.6 Å². The number of anilines is 2. The van der Waals surface area contributed by atoms with Gasteiger partial charge < -0.3 is 4.90 Å². The number of rotatable bonds is 3. The Morgan fingerprint density at radius 3 is 2.21 bits per heavy atom. The molecule has 1 fully saturated rings. The number of fused-ring (bicyclic) bond motifs is 5. The minimum absolute atomic E-state index is 0.218. The van der Waals surface area contributed by atoms with Crippen molar-refractivity contribution in [2.45, 2.75) is 64.3 Å². The summed E-state index contributed by atoms with van der Waals surface area (Å²) in [4.78, 5) is 2.49. The highest BCUT2D eigenvalue weighted by Crippen LogP contribution is 2.56. The van der Waals surface area contributed by atoms with E-state index in [9.17, 15) is 0 Å². The molecule has 0 unspecified atom stereocenters. The normalized spacial score (nSPS) is 16.7. The Hall–Kier alpha value is -2.54. The minimum Gasteiger partial charge on any atom is -0.339 e. The SMILES string of the molecule is Cc1cccc(N(c2ccc3c(c2)C2(CCCCC2)c2ccccc2-3)C(C)C)c1. The van der Waals surface area contributed by atoms with E-state index in [1.54, 1.807) is 11.1 Å². The molecule has 3 aromatic carbocycles. The largest absolute Gasteiger partial charge is 0.339 e. The molecule has 3 aromatic rings. The smallest absolute Gasteiger partial charge is 0.0416 e. The van der Waals surface area contributed by atoms with Crippen molar-refractivity contribution in [1.82, 2.24) is 0 Å². The summed E-state index contributed by atoms with van der Waals surface area (Å²) in [6.07, 6.45) is 6.62. The topological polar surface area (TPSA) is 3.24 Å². The van der Waals surface area contributed by atoms with Gasteiger partial charge in [-0.1, -0.05) is 61.7 Å². The van der Waals surface area contributed by atoms with Crippen LogP contribution in [0.3, 0.4) is 0 Å². The van der Waals surface area contributed by atoms with Gasteiger partial charge >= 0.3 is 0 Å². The van der Waals surface area contributed by atoms with E-state index in [1.807, 2.05) is 0 Å². The van der Waals surface area contributed by atoms with Crippen molar-refractivity contribution in [2.75, 3.05) is 4.90 Å². The molecule has 1 saturated carbocycles. The van der Waals surface area contributed by atoms with Crippen molar-refractivity contribution >= 4 is 11.4 Å². The van der Waals surface area contributed by atoms with Crippen LogP contribution in [0, 0.1) is 6.92 Å². The third-order valence-corrected chi connectivity index (χ3v) is 7.03. The van der Waals surface area contributed by atoms with Crippen molar-refractivity contribution in [3.05, 3.63) is 83.4 Å². The maximum absolute atomic E-state index is 2.52. The second-order valence-electron chi connectivity index (χ2n) is 9.22. The number of hydrogen-bond donors (Lipinski definition) is 0. The molecular weight excluding hydrogens is 350 g/mol. The quantitative estimate of drug-likeness (QED) is 0.448. The molecule has 0 heterocycles. The van der Waals surface area contributed by atoms with Crippen LogP contribution >= 0.6 is 0 Å². The number of hydrogen-bond acceptors (Lipinski definition) is 1. The fourth-order valence-electron chi connectivity index (χ4n) is 5.81. The third kappa shape index (κ3) is 2.90. The molecule has 2 aliphatic carbocycles. The first kappa shape index (κ1) is 18.5. The Balaban J connectivity index is 1.68. The molecule has 5 rings (SSSR count). The van der Waals surface area contributed by atoms with E-state index >= 15 is 0 Å². The van der Waals surface area contributed by atoms with Crippen LogP contribution in [0.2, 0.25) is 0 Å². The molecule has 0 atom stereocenters. The van der Waals surface area contributed by atoms with Crippen molar-refractivity contribution in [3.8, 4) is 11.1 Å². The minimum atomic E-state index is 0.218. The van der Waals surface area contributed by atoms with Gasteiger partial charge in [-0.15, -0.1) is 0 Å². The van der Waals surface area contributed by atoms with Crippen LogP contribution in [-0.4, -0.2) is 6.04 Å². The first-order valence-corrected chi connectivity index (χ1v) is 11.2. The first-order chi connectivity index (χ1) is 14.1. The molecule has 0 radical (unpaired) electrons. The van der Waals surface area contributed by atoms with E-state index < -0.39 is 0 Å². The molecule has 1 spiro atoms. The third-order valence-electron chi connectivity index (χ3n) is 7.03. The molecule has 0 aromatic heterocycles. The standard InChI is InChI=1S/C28H31N/c1-20(2)29(22-11-9-10-21(3)18-22)23-14-15-25-24-12-5-6-13-26(24)28(27(25)19-23)16-7-4-8-17-28/h5-6,9-15,18-20H,4,7-8,16-17H2,1-3H3. The van der Waals surface area contributed by atoms with E-state index in [0.29, 0.717) is 6.04 Å². The van der Waals surface area contributed by atoms with Gasteiger partial charge in [0.15, 0.2) is 0 Å². The average molecular weight is 382 g/mol. The Morgan fingerprint density at radius 1 is 0.724 bits per heavy atom. The Labute approximate surface area is 175 Å². The highest BCUT2D eigenvalue weighted by Gasteiger charge is 2.43. The summed E-state index contributed by atoms with van der Waals surface area (Å²) in [7, 11) is 0. The van der Waals surface area contributed by atoms with Crippen LogP contribution in [-0.2, 0) is 5.41 Å². The van der Waals surface area contributed by atoms with Gasteiger partial charge in [-0.05, 0) is 85.7 Å². The Bertz CT molecular complexity index is 1040. The lowest BCUT2D eigenvalue weighted by Crippen LogP contribution is -2.29. The van der Waals surface area contributed by atoms with E-state index in [0.717, 1.165) is 0 Å². The number of benzene rings is 3. The summed E-state index contributed by atoms with van der Waals surface area (Å²) in [6, 6.07) is 25.7. The van der Waals surface area contributed by atoms with Crippen molar-refractivity contribution in [2.24, 2.45) is 0 Å². The molecule has 1 nitrogen and oxygen atoms in total. The van der Waals surface area contributed by atoms with Crippen LogP contribution in [0.15, 0.2) is 66.7 Å². The second-order valence-corrected chi connectivity index (χ2v) is 9.22. The lowest BCUT2D eigenvalue weighted by Gasteiger charge is -2.37.